The van der Waals surface area contributed by atoms with Gasteiger partial charge in [0.2, 0.25) is 0 Å². The number of aliphatic hydroxyl groups excluding tert-OH is 1. The molecule has 0 radical (unpaired) electrons. The Morgan fingerprint density at radius 1 is 1.27 bits per heavy atom. The van der Waals surface area contributed by atoms with Gasteiger partial charge in [-0.2, -0.15) is 0 Å². The van der Waals surface area contributed by atoms with Crippen LogP contribution in [-0.2, 0) is 6.54 Å². The van der Waals surface area contributed by atoms with Gasteiger partial charge in [0.05, 0.1) is 16.0 Å². The molecule has 1 unspecified atom stereocenters. The summed E-state index contributed by atoms with van der Waals surface area (Å²) in [5, 5.41) is 20.0. The molecule has 3 aromatic rings. The molecule has 1 aliphatic rings. The Morgan fingerprint density at radius 3 is 2.76 bits per heavy atom. The highest BCUT2D eigenvalue weighted by molar-refractivity contribution is 7.18. The average molecular weight is 504 g/mol. The van der Waals surface area contributed by atoms with E-state index < -0.39 is 0 Å². The molecule has 3 N–H and O–H groups in total. The molecular weight excluding hydrogens is 470 g/mol. The number of pyridine rings is 1. The number of hydrogen-bond acceptors (Lipinski definition) is 6. The number of unbranched alkanes of at least 4 members (excludes halogenated alkanes) is 1. The number of allylic oxidation sites excluding steroid dienone is 1. The number of aliphatic hydroxyl groups is 1. The minimum absolute atomic E-state index is 0.167. The third-order valence-electron chi connectivity index (χ3n) is 4.88. The quantitative estimate of drug-likeness (QED) is 0.145. The Morgan fingerprint density at radius 2 is 2.12 bits per heavy atom. The Labute approximate surface area is 211 Å². The number of nitrogens with zero attached hydrogens (tertiary/aromatic N) is 1. The highest BCUT2D eigenvalue weighted by Crippen LogP contribution is 2.33. The molecular formula is C26H34ClN3OS2. The molecule has 0 spiro atoms. The molecule has 4 rings (SSSR count). The highest BCUT2D eigenvalue weighted by atomic mass is 35.5. The monoisotopic (exact) mass is 503 g/mol. The number of rotatable bonds is 6. The smallest absolute Gasteiger partial charge is 0.131 e. The van der Waals surface area contributed by atoms with Crippen molar-refractivity contribution in [2.45, 2.75) is 58.5 Å². The van der Waals surface area contributed by atoms with E-state index in [0.717, 1.165) is 34.1 Å². The van der Waals surface area contributed by atoms with Gasteiger partial charge < -0.3 is 15.7 Å². The molecule has 0 amide bonds. The van der Waals surface area contributed by atoms with Gasteiger partial charge in [-0.05, 0) is 44.2 Å². The zero-order valence-corrected chi connectivity index (χ0v) is 22.0. The molecule has 1 aliphatic carbocycles. The number of fused-ring (bicyclic) bond motifs is 1. The van der Waals surface area contributed by atoms with Crippen LogP contribution in [0.3, 0.4) is 0 Å². The van der Waals surface area contributed by atoms with Gasteiger partial charge in [-0.3, -0.25) is 0 Å². The van der Waals surface area contributed by atoms with Gasteiger partial charge >= 0.3 is 0 Å². The molecule has 0 saturated carbocycles. The predicted octanol–water partition coefficient (Wildman–Crippen LogP) is 7.09. The van der Waals surface area contributed by atoms with E-state index in [9.17, 15) is 0 Å². The Bertz CT molecular complexity index is 1040. The summed E-state index contributed by atoms with van der Waals surface area (Å²) >= 11 is 9.51. The normalized spacial score (nSPS) is 14.4. The van der Waals surface area contributed by atoms with E-state index in [2.05, 4.69) is 51.1 Å². The van der Waals surface area contributed by atoms with Crippen molar-refractivity contribution >= 4 is 50.2 Å². The van der Waals surface area contributed by atoms with Crippen molar-refractivity contribution in [2.75, 3.05) is 19.0 Å². The van der Waals surface area contributed by atoms with E-state index >= 15 is 0 Å². The van der Waals surface area contributed by atoms with Crippen LogP contribution in [-0.4, -0.2) is 29.8 Å². The zero-order chi connectivity index (χ0) is 23.9. The van der Waals surface area contributed by atoms with Crippen LogP contribution in [0.15, 0.2) is 41.1 Å². The third-order valence-corrected chi connectivity index (χ3v) is 6.96. The second-order valence-corrected chi connectivity index (χ2v) is 9.45. The Kier molecular flexibility index (Phi) is 13.2. The number of anilines is 1. The summed E-state index contributed by atoms with van der Waals surface area (Å²) in [5.41, 5.74) is 2.72. The van der Waals surface area contributed by atoms with E-state index in [1.807, 2.05) is 38.4 Å². The molecule has 0 saturated heterocycles. The predicted molar refractivity (Wildman–Crippen MR) is 147 cm³/mol. The van der Waals surface area contributed by atoms with Gasteiger partial charge in [0, 0.05) is 41.9 Å². The molecule has 3 heterocycles. The number of aromatic nitrogens is 1. The topological polar surface area (TPSA) is 57.2 Å². The number of thiophene rings is 2. The van der Waals surface area contributed by atoms with E-state index in [1.54, 1.807) is 22.7 Å². The Balaban J connectivity index is 0.000000323. The van der Waals surface area contributed by atoms with Crippen LogP contribution < -0.4 is 10.6 Å². The lowest BCUT2D eigenvalue weighted by atomic mass is 10.0. The largest absolute Gasteiger partial charge is 0.396 e. The van der Waals surface area contributed by atoms with Crippen molar-refractivity contribution in [3.8, 4) is 11.8 Å². The average Bonchev–Trinajstić information content (AvgIpc) is 3.53. The molecule has 33 heavy (non-hydrogen) atoms. The van der Waals surface area contributed by atoms with Crippen LogP contribution >= 0.6 is 34.3 Å². The standard InChI is InChI=1S/C17H15ClN2OS2.C7H13N.C2H6/c18-15-9-14(19-10-13-6-4-8-22-13)17-16(20-15)12(11-23-17)5-2-1-3-7-21;1-8-7-5-3-2-4-6-7;1-2/h4,6,8-9,11,21H,1,3,7,10H2,(H,19,20);2-3,7-8H,4-6H2,1H3;1-2H3. The van der Waals surface area contributed by atoms with Crippen molar-refractivity contribution in [2.24, 2.45) is 0 Å². The fourth-order valence-electron chi connectivity index (χ4n) is 3.17. The van der Waals surface area contributed by atoms with Gasteiger partial charge in [0.15, 0.2) is 0 Å². The summed E-state index contributed by atoms with van der Waals surface area (Å²) in [6, 6.07) is 6.75. The molecule has 0 fully saturated rings. The van der Waals surface area contributed by atoms with Crippen molar-refractivity contribution in [1.29, 1.82) is 0 Å². The van der Waals surface area contributed by atoms with Gasteiger partial charge in [-0.15, -0.1) is 22.7 Å². The lowest BCUT2D eigenvalue weighted by molar-refractivity contribution is 0.290. The number of hydrogen-bond donors (Lipinski definition) is 3. The van der Waals surface area contributed by atoms with Crippen LogP contribution in [0.5, 0.6) is 0 Å². The lowest BCUT2D eigenvalue weighted by Gasteiger charge is -2.15. The minimum Gasteiger partial charge on any atom is -0.396 e. The summed E-state index contributed by atoms with van der Waals surface area (Å²) in [6.07, 6.45) is 9.67. The van der Waals surface area contributed by atoms with Crippen LogP contribution in [0.4, 0.5) is 5.69 Å². The first-order valence-corrected chi connectivity index (χ1v) is 13.6. The summed E-state index contributed by atoms with van der Waals surface area (Å²) < 4.78 is 1.07. The van der Waals surface area contributed by atoms with E-state index in [1.165, 1.54) is 24.1 Å². The number of nitrogens with one attached hydrogen (secondary N) is 2. The van der Waals surface area contributed by atoms with Crippen molar-refractivity contribution in [3.05, 3.63) is 56.7 Å². The van der Waals surface area contributed by atoms with Gasteiger partial charge in [0.1, 0.15) is 10.7 Å². The first-order chi connectivity index (χ1) is 16.2. The lowest BCUT2D eigenvalue weighted by Crippen LogP contribution is -2.25. The molecule has 178 valence electrons. The summed E-state index contributed by atoms with van der Waals surface area (Å²) in [7, 11) is 2.03. The van der Waals surface area contributed by atoms with Gasteiger partial charge in [-0.1, -0.05) is 55.5 Å². The summed E-state index contributed by atoms with van der Waals surface area (Å²) in [4.78, 5) is 5.70. The molecule has 0 aromatic carbocycles. The maximum absolute atomic E-state index is 8.80. The first-order valence-electron chi connectivity index (χ1n) is 11.5. The fourth-order valence-corrected chi connectivity index (χ4v) is 4.94. The Hall–Kier alpha value is -1.88. The van der Waals surface area contributed by atoms with Crippen molar-refractivity contribution < 1.29 is 5.11 Å². The summed E-state index contributed by atoms with van der Waals surface area (Å²) in [6.45, 7) is 4.93. The van der Waals surface area contributed by atoms with E-state index in [-0.39, 0.29) is 6.61 Å². The molecule has 0 bridgehead atoms. The maximum atomic E-state index is 8.80. The molecule has 4 nitrogen and oxygen atoms in total. The van der Waals surface area contributed by atoms with Crippen LogP contribution in [0.25, 0.3) is 10.2 Å². The fraction of sp³-hybridized carbons (Fsp3) is 0.423. The number of halogens is 1. The SMILES string of the molecule is CC.CNC1CC=CCC1.OCCCC#Cc1csc2c(NCc3cccs3)cc(Cl)nc12. The maximum Gasteiger partial charge on any atom is 0.131 e. The van der Waals surface area contributed by atoms with Crippen molar-refractivity contribution in [1.82, 2.24) is 10.3 Å². The van der Waals surface area contributed by atoms with Crippen LogP contribution in [0.1, 0.15) is 56.4 Å². The third kappa shape index (κ3) is 9.11. The summed E-state index contributed by atoms with van der Waals surface area (Å²) in [5.74, 6) is 6.20. The second kappa shape index (κ2) is 15.9. The van der Waals surface area contributed by atoms with Gasteiger partial charge in [-0.25, -0.2) is 4.98 Å². The van der Waals surface area contributed by atoms with Crippen LogP contribution in [0.2, 0.25) is 5.15 Å². The van der Waals surface area contributed by atoms with E-state index in [4.69, 9.17) is 16.7 Å². The molecule has 0 aliphatic heterocycles. The zero-order valence-electron chi connectivity index (χ0n) is 19.7. The van der Waals surface area contributed by atoms with Crippen molar-refractivity contribution in [3.63, 3.8) is 0 Å². The highest BCUT2D eigenvalue weighted by Gasteiger charge is 2.10. The minimum atomic E-state index is 0.167. The molecule has 7 heteroatoms. The first kappa shape index (κ1) is 27.4. The van der Waals surface area contributed by atoms with Gasteiger partial charge in [0.25, 0.3) is 0 Å². The second-order valence-electron chi connectivity index (χ2n) is 7.15. The van der Waals surface area contributed by atoms with Crippen LogP contribution in [0, 0.1) is 11.8 Å². The van der Waals surface area contributed by atoms with E-state index in [0.29, 0.717) is 18.0 Å². The molecule has 3 aromatic heterocycles. The molecule has 1 atom stereocenters.